The molecule has 33 heavy (non-hydrogen) atoms. The number of carbonyl (C=O) groups excluding carboxylic acids is 1. The third-order valence-corrected chi connectivity index (χ3v) is 9.03. The number of rotatable bonds is 5. The van der Waals surface area contributed by atoms with E-state index in [9.17, 15) is 15.0 Å². The van der Waals surface area contributed by atoms with E-state index >= 15 is 0 Å². The van der Waals surface area contributed by atoms with Crippen molar-refractivity contribution in [2.24, 2.45) is 5.92 Å². The highest BCUT2D eigenvalue weighted by atomic mass is 16.5. The van der Waals surface area contributed by atoms with Crippen LogP contribution in [-0.4, -0.2) is 68.1 Å². The highest BCUT2D eigenvalue weighted by Crippen LogP contribution is 2.65. The molecule has 1 saturated heterocycles. The summed E-state index contributed by atoms with van der Waals surface area (Å²) in [6, 6.07) is 3.55. The number of piperidine rings is 1. The number of nitrogens with zero attached hydrogens (tertiary/aromatic N) is 2. The van der Waals surface area contributed by atoms with Gasteiger partial charge in [-0.15, -0.1) is 0 Å². The number of phenols is 1. The Labute approximate surface area is 192 Å². The maximum Gasteiger partial charge on any atom is 0.224 e. The predicted molar refractivity (Wildman–Crippen MR) is 119 cm³/mol. The Bertz CT molecular complexity index is 1120. The SMILES string of the molecule is O=C(Cc1cn[nH]c1)N[C@@H]1CC[C@@]2(O)[C@H]3Cc4ccc(O)c5c4[C@@]2(CCN3CC2CC2)[C@H]1O5. The topological polar surface area (TPSA) is 111 Å². The minimum atomic E-state index is -0.928. The van der Waals surface area contributed by atoms with Gasteiger partial charge >= 0.3 is 0 Å². The third-order valence-electron chi connectivity index (χ3n) is 9.03. The van der Waals surface area contributed by atoms with Crippen molar-refractivity contribution in [1.29, 1.82) is 0 Å². The Morgan fingerprint density at radius 2 is 2.18 bits per heavy atom. The van der Waals surface area contributed by atoms with Crippen molar-refractivity contribution in [2.45, 2.75) is 74.1 Å². The summed E-state index contributed by atoms with van der Waals surface area (Å²) in [5.41, 5.74) is 1.46. The molecule has 5 atom stereocenters. The van der Waals surface area contributed by atoms with E-state index in [1.807, 2.05) is 6.07 Å². The van der Waals surface area contributed by atoms with Gasteiger partial charge in [-0.05, 0) is 68.2 Å². The van der Waals surface area contributed by atoms with E-state index in [-0.39, 0.29) is 30.2 Å². The van der Waals surface area contributed by atoms with Crippen molar-refractivity contribution in [1.82, 2.24) is 20.4 Å². The van der Waals surface area contributed by atoms with E-state index in [1.165, 1.54) is 18.4 Å². The van der Waals surface area contributed by atoms with Gasteiger partial charge in [-0.2, -0.15) is 5.10 Å². The summed E-state index contributed by atoms with van der Waals surface area (Å²) in [6.45, 7) is 1.97. The lowest BCUT2D eigenvalue weighted by atomic mass is 9.48. The Hall–Kier alpha value is -2.58. The zero-order chi connectivity index (χ0) is 22.4. The van der Waals surface area contributed by atoms with Gasteiger partial charge < -0.3 is 20.3 Å². The molecule has 7 rings (SSSR count). The number of aromatic amines is 1. The van der Waals surface area contributed by atoms with Crippen LogP contribution in [-0.2, 0) is 23.1 Å². The molecule has 8 heteroatoms. The van der Waals surface area contributed by atoms with Crippen LogP contribution in [0.2, 0.25) is 0 Å². The number of benzene rings is 1. The van der Waals surface area contributed by atoms with Crippen LogP contribution in [0.1, 0.15) is 48.8 Å². The van der Waals surface area contributed by atoms with Crippen molar-refractivity contribution in [3.63, 3.8) is 0 Å². The highest BCUT2D eigenvalue weighted by Gasteiger charge is 2.73. The van der Waals surface area contributed by atoms with Gasteiger partial charge in [0.05, 0.1) is 29.7 Å². The monoisotopic (exact) mass is 450 g/mol. The molecule has 2 saturated carbocycles. The van der Waals surface area contributed by atoms with E-state index in [0.717, 1.165) is 43.0 Å². The van der Waals surface area contributed by atoms with Crippen molar-refractivity contribution < 1.29 is 19.7 Å². The molecule has 3 aliphatic carbocycles. The molecule has 2 aliphatic heterocycles. The standard InChI is InChI=1S/C25H30N4O4/c30-18-4-3-16-10-19-25(32)6-5-17(28-20(31)9-15-11-26-27-12-15)23-24(25,21(16)22(18)33-23)7-8-29(19)13-14-1-2-14/h3-4,11-12,14,17,19,23,30,32H,1-2,5-10,13H2,(H,26,27)(H,28,31)/t17-,19-,23+,24+,25-/m1/s1. The van der Waals surface area contributed by atoms with E-state index < -0.39 is 17.1 Å². The van der Waals surface area contributed by atoms with Crippen LogP contribution < -0.4 is 10.1 Å². The Kier molecular flexibility index (Phi) is 4.05. The Morgan fingerprint density at radius 1 is 1.30 bits per heavy atom. The van der Waals surface area contributed by atoms with Gasteiger partial charge in [-0.25, -0.2) is 0 Å². The maximum absolute atomic E-state index is 12.9. The number of aromatic nitrogens is 2. The van der Waals surface area contributed by atoms with Crippen LogP contribution in [0.25, 0.3) is 0 Å². The third kappa shape index (κ3) is 2.65. The maximum atomic E-state index is 12.9. The molecular weight excluding hydrogens is 420 g/mol. The molecule has 1 amide bonds. The fourth-order valence-electron chi connectivity index (χ4n) is 7.45. The van der Waals surface area contributed by atoms with Gasteiger partial charge in [0.25, 0.3) is 0 Å². The molecule has 0 radical (unpaired) electrons. The number of hydrogen-bond donors (Lipinski definition) is 4. The second kappa shape index (κ2) is 6.73. The number of carbonyl (C=O) groups is 1. The van der Waals surface area contributed by atoms with Gasteiger partial charge in [0.15, 0.2) is 11.5 Å². The molecule has 2 aromatic rings. The molecule has 174 valence electrons. The Balaban J connectivity index is 1.27. The van der Waals surface area contributed by atoms with Gasteiger partial charge in [0.2, 0.25) is 5.91 Å². The number of aromatic hydroxyl groups is 1. The zero-order valence-corrected chi connectivity index (χ0v) is 18.6. The summed E-state index contributed by atoms with van der Waals surface area (Å²) in [4.78, 5) is 15.4. The summed E-state index contributed by atoms with van der Waals surface area (Å²) >= 11 is 0. The quantitative estimate of drug-likeness (QED) is 0.548. The number of likely N-dealkylation sites (tertiary alicyclic amines) is 1. The highest BCUT2D eigenvalue weighted by molar-refractivity contribution is 5.79. The zero-order valence-electron chi connectivity index (χ0n) is 18.6. The lowest BCUT2D eigenvalue weighted by molar-refractivity contribution is -0.192. The molecule has 0 unspecified atom stereocenters. The second-order valence-corrected chi connectivity index (χ2v) is 10.8. The average Bonchev–Trinajstić information content (AvgIpc) is 3.31. The van der Waals surface area contributed by atoms with Crippen LogP contribution in [0.3, 0.4) is 0 Å². The lowest BCUT2D eigenvalue weighted by Crippen LogP contribution is -2.78. The van der Waals surface area contributed by atoms with Gasteiger partial charge in [-0.3, -0.25) is 14.8 Å². The number of H-pyrrole nitrogens is 1. The number of ether oxygens (including phenoxy) is 1. The fraction of sp³-hybridized carbons (Fsp3) is 0.600. The average molecular weight is 451 g/mol. The summed E-state index contributed by atoms with van der Waals surface area (Å²) in [5, 5.41) is 33.0. The molecular formula is C25H30N4O4. The summed E-state index contributed by atoms with van der Waals surface area (Å²) < 4.78 is 6.49. The molecule has 3 fully saturated rings. The number of aliphatic hydroxyl groups is 1. The summed E-state index contributed by atoms with van der Waals surface area (Å²) in [5.74, 6) is 1.32. The van der Waals surface area contributed by atoms with E-state index in [4.69, 9.17) is 4.74 Å². The van der Waals surface area contributed by atoms with E-state index in [0.29, 0.717) is 18.6 Å². The number of phenolic OH excluding ortho intramolecular Hbond substituents is 1. The van der Waals surface area contributed by atoms with Crippen molar-refractivity contribution in [3.8, 4) is 11.5 Å². The second-order valence-electron chi connectivity index (χ2n) is 10.8. The van der Waals surface area contributed by atoms with Crippen LogP contribution in [0.5, 0.6) is 11.5 Å². The molecule has 3 heterocycles. The number of amides is 1. The van der Waals surface area contributed by atoms with Gasteiger partial charge in [-0.1, -0.05) is 6.07 Å². The first-order chi connectivity index (χ1) is 16.0. The first-order valence-electron chi connectivity index (χ1n) is 12.2. The van der Waals surface area contributed by atoms with Gasteiger partial charge in [0.1, 0.15) is 6.10 Å². The molecule has 1 spiro atoms. The fourth-order valence-corrected chi connectivity index (χ4v) is 7.45. The summed E-state index contributed by atoms with van der Waals surface area (Å²) in [6.07, 6.45) is 8.64. The van der Waals surface area contributed by atoms with E-state index in [1.54, 1.807) is 18.5 Å². The number of hydrogen-bond acceptors (Lipinski definition) is 6. The Morgan fingerprint density at radius 3 is 2.97 bits per heavy atom. The predicted octanol–water partition coefficient (Wildman–Crippen LogP) is 1.41. The molecule has 8 nitrogen and oxygen atoms in total. The largest absolute Gasteiger partial charge is 0.504 e. The molecule has 1 aromatic heterocycles. The smallest absolute Gasteiger partial charge is 0.224 e. The minimum absolute atomic E-state index is 0.0449. The summed E-state index contributed by atoms with van der Waals surface area (Å²) in [7, 11) is 0. The van der Waals surface area contributed by atoms with Crippen molar-refractivity contribution >= 4 is 5.91 Å². The van der Waals surface area contributed by atoms with Crippen LogP contribution in [0.4, 0.5) is 0 Å². The first-order valence-corrected chi connectivity index (χ1v) is 12.2. The van der Waals surface area contributed by atoms with Crippen molar-refractivity contribution in [3.05, 3.63) is 41.2 Å². The molecule has 1 aromatic carbocycles. The van der Waals surface area contributed by atoms with Crippen LogP contribution in [0, 0.1) is 5.92 Å². The molecule has 4 N–H and O–H groups in total. The van der Waals surface area contributed by atoms with Gasteiger partial charge in [0, 0.05) is 24.3 Å². The van der Waals surface area contributed by atoms with Crippen molar-refractivity contribution in [2.75, 3.05) is 13.1 Å². The molecule has 2 bridgehead atoms. The van der Waals surface area contributed by atoms with Crippen LogP contribution >= 0.6 is 0 Å². The molecule has 5 aliphatic rings. The number of nitrogens with one attached hydrogen (secondary N) is 2. The first kappa shape index (κ1) is 19.9. The normalized spacial score (nSPS) is 36.2. The van der Waals surface area contributed by atoms with E-state index in [2.05, 4.69) is 20.4 Å². The van der Waals surface area contributed by atoms with Crippen LogP contribution in [0.15, 0.2) is 24.5 Å². The minimum Gasteiger partial charge on any atom is -0.504 e. The lowest BCUT2D eigenvalue weighted by Gasteiger charge is -2.64.